The van der Waals surface area contributed by atoms with Gasteiger partial charge in [0.2, 0.25) is 0 Å². The molecule has 3 rings (SSSR count). The zero-order valence-corrected chi connectivity index (χ0v) is 15.0. The van der Waals surface area contributed by atoms with E-state index in [0.717, 1.165) is 12.8 Å². The Bertz CT molecular complexity index is 791. The number of benzene rings is 1. The van der Waals surface area contributed by atoms with Crippen LogP contribution in [0.4, 0.5) is 4.39 Å². The number of amides is 1. The van der Waals surface area contributed by atoms with Crippen LogP contribution in [0.5, 0.6) is 0 Å². The van der Waals surface area contributed by atoms with Crippen molar-refractivity contribution in [1.29, 1.82) is 0 Å². The third kappa shape index (κ3) is 3.52. The van der Waals surface area contributed by atoms with Crippen LogP contribution in [0.15, 0.2) is 18.2 Å². The quantitative estimate of drug-likeness (QED) is 0.906. The van der Waals surface area contributed by atoms with Gasteiger partial charge in [0.25, 0.3) is 5.91 Å². The molecule has 1 aliphatic rings. The van der Waals surface area contributed by atoms with Gasteiger partial charge in [0, 0.05) is 19.1 Å². The van der Waals surface area contributed by atoms with Crippen LogP contribution in [0.1, 0.15) is 35.9 Å². The molecular formula is C17H21ClFN5O. The lowest BCUT2D eigenvalue weighted by atomic mass is 9.92. The number of carbonyl (C=O) groups excluding carboxylic acids is 1. The van der Waals surface area contributed by atoms with Crippen molar-refractivity contribution in [3.05, 3.63) is 40.4 Å². The minimum absolute atomic E-state index is 0.00363. The molecule has 2 N–H and O–H groups in total. The van der Waals surface area contributed by atoms with E-state index in [-0.39, 0.29) is 17.0 Å². The van der Waals surface area contributed by atoms with Crippen molar-refractivity contribution in [2.24, 2.45) is 11.7 Å². The summed E-state index contributed by atoms with van der Waals surface area (Å²) in [5, 5.41) is 8.08. The summed E-state index contributed by atoms with van der Waals surface area (Å²) in [7, 11) is 0. The predicted molar refractivity (Wildman–Crippen MR) is 93.3 cm³/mol. The smallest absolute Gasteiger partial charge is 0.276 e. The standard InChI is InChI=1S/C17H21ClFN5O/c1-10(20)12-4-3-7-23(9-12)17(25)16-11(2)24(22-21-16)13-5-6-15(19)14(18)8-13/h5-6,8,10,12H,3-4,7,9,20H2,1-2H3. The van der Waals surface area contributed by atoms with Gasteiger partial charge in [-0.25, -0.2) is 9.07 Å². The highest BCUT2D eigenvalue weighted by molar-refractivity contribution is 6.30. The molecular weight excluding hydrogens is 345 g/mol. The molecule has 0 aliphatic carbocycles. The number of piperidine rings is 1. The first kappa shape index (κ1) is 17.8. The largest absolute Gasteiger partial charge is 0.337 e. The first-order valence-corrected chi connectivity index (χ1v) is 8.69. The molecule has 1 aromatic carbocycles. The highest BCUT2D eigenvalue weighted by Crippen LogP contribution is 2.23. The molecule has 8 heteroatoms. The molecule has 2 atom stereocenters. The molecule has 0 saturated carbocycles. The Balaban J connectivity index is 1.85. The number of aromatic nitrogens is 3. The zero-order valence-electron chi connectivity index (χ0n) is 14.2. The lowest BCUT2D eigenvalue weighted by molar-refractivity contribution is 0.0654. The first-order chi connectivity index (χ1) is 11.9. The van der Waals surface area contributed by atoms with Gasteiger partial charge < -0.3 is 10.6 Å². The number of nitrogens with zero attached hydrogens (tertiary/aromatic N) is 4. The molecule has 1 amide bonds. The van der Waals surface area contributed by atoms with Gasteiger partial charge in [-0.1, -0.05) is 16.8 Å². The topological polar surface area (TPSA) is 77.0 Å². The maximum Gasteiger partial charge on any atom is 0.276 e. The Morgan fingerprint density at radius 2 is 2.24 bits per heavy atom. The second kappa shape index (κ2) is 7.09. The number of carbonyl (C=O) groups is 1. The molecule has 2 heterocycles. The molecule has 1 saturated heterocycles. The van der Waals surface area contributed by atoms with Gasteiger partial charge >= 0.3 is 0 Å². The van der Waals surface area contributed by atoms with Crippen molar-refractivity contribution in [2.75, 3.05) is 13.1 Å². The molecule has 134 valence electrons. The van der Waals surface area contributed by atoms with Crippen LogP contribution in [0.3, 0.4) is 0 Å². The van der Waals surface area contributed by atoms with Gasteiger partial charge in [-0.2, -0.15) is 0 Å². The van der Waals surface area contributed by atoms with E-state index in [1.165, 1.54) is 16.8 Å². The van der Waals surface area contributed by atoms with Crippen molar-refractivity contribution < 1.29 is 9.18 Å². The molecule has 0 spiro atoms. The molecule has 0 bridgehead atoms. The van der Waals surface area contributed by atoms with E-state index in [1.54, 1.807) is 17.9 Å². The third-order valence-corrected chi connectivity index (χ3v) is 5.02. The number of halogens is 2. The molecule has 0 radical (unpaired) electrons. The Hall–Kier alpha value is -1.99. The second-order valence-corrected chi connectivity index (χ2v) is 6.95. The van der Waals surface area contributed by atoms with E-state index in [2.05, 4.69) is 10.3 Å². The average molecular weight is 366 g/mol. The SMILES string of the molecule is Cc1c(C(=O)N2CCCC(C(C)N)C2)nnn1-c1ccc(F)c(Cl)c1. The zero-order chi connectivity index (χ0) is 18.1. The Morgan fingerprint density at radius 1 is 1.48 bits per heavy atom. The maximum atomic E-state index is 13.3. The lowest BCUT2D eigenvalue weighted by Gasteiger charge is -2.34. The fraction of sp³-hybridized carbons (Fsp3) is 0.471. The molecule has 6 nitrogen and oxygen atoms in total. The van der Waals surface area contributed by atoms with E-state index in [9.17, 15) is 9.18 Å². The minimum Gasteiger partial charge on any atom is -0.337 e. The van der Waals surface area contributed by atoms with Crippen molar-refractivity contribution >= 4 is 17.5 Å². The van der Waals surface area contributed by atoms with Gasteiger partial charge in [-0.3, -0.25) is 4.79 Å². The van der Waals surface area contributed by atoms with Crippen molar-refractivity contribution in [3.63, 3.8) is 0 Å². The fourth-order valence-corrected chi connectivity index (χ4v) is 3.34. The molecule has 2 aromatic rings. The van der Waals surface area contributed by atoms with Crippen LogP contribution in [-0.4, -0.2) is 44.9 Å². The highest BCUT2D eigenvalue weighted by Gasteiger charge is 2.29. The molecule has 1 fully saturated rings. The van der Waals surface area contributed by atoms with Gasteiger partial charge in [0.05, 0.1) is 16.4 Å². The van der Waals surface area contributed by atoms with Gasteiger partial charge in [-0.15, -0.1) is 5.10 Å². The van der Waals surface area contributed by atoms with E-state index < -0.39 is 5.82 Å². The summed E-state index contributed by atoms with van der Waals surface area (Å²) in [6.07, 6.45) is 1.96. The van der Waals surface area contributed by atoms with Crippen LogP contribution in [0, 0.1) is 18.7 Å². The van der Waals surface area contributed by atoms with E-state index in [4.69, 9.17) is 17.3 Å². The van der Waals surface area contributed by atoms with Crippen molar-refractivity contribution in [1.82, 2.24) is 19.9 Å². The second-order valence-electron chi connectivity index (χ2n) is 6.55. The number of likely N-dealkylation sites (tertiary alicyclic amines) is 1. The van der Waals surface area contributed by atoms with Crippen LogP contribution in [0.25, 0.3) is 5.69 Å². The van der Waals surface area contributed by atoms with E-state index in [0.29, 0.717) is 36.1 Å². The maximum absolute atomic E-state index is 13.3. The summed E-state index contributed by atoms with van der Waals surface area (Å²) in [5.74, 6) is -0.360. The monoisotopic (exact) mass is 365 g/mol. The Kier molecular flexibility index (Phi) is 5.06. The van der Waals surface area contributed by atoms with Gasteiger partial charge in [-0.05, 0) is 50.8 Å². The number of nitrogens with two attached hydrogens (primary N) is 1. The third-order valence-electron chi connectivity index (χ3n) is 4.73. The molecule has 1 aliphatic heterocycles. The fourth-order valence-electron chi connectivity index (χ4n) is 3.16. The van der Waals surface area contributed by atoms with Crippen LogP contribution >= 0.6 is 11.6 Å². The summed E-state index contributed by atoms with van der Waals surface area (Å²) in [4.78, 5) is 14.6. The molecule has 1 aromatic heterocycles. The summed E-state index contributed by atoms with van der Waals surface area (Å²) >= 11 is 5.83. The van der Waals surface area contributed by atoms with Crippen molar-refractivity contribution in [3.8, 4) is 5.69 Å². The predicted octanol–water partition coefficient (Wildman–Crippen LogP) is 2.57. The Labute approximate surface area is 150 Å². The minimum atomic E-state index is -0.505. The van der Waals surface area contributed by atoms with E-state index in [1.807, 2.05) is 6.92 Å². The summed E-state index contributed by atoms with van der Waals surface area (Å²) < 4.78 is 14.8. The van der Waals surface area contributed by atoms with Crippen molar-refractivity contribution in [2.45, 2.75) is 32.7 Å². The molecule has 2 unspecified atom stereocenters. The van der Waals surface area contributed by atoms with Crippen LogP contribution in [-0.2, 0) is 0 Å². The summed E-state index contributed by atoms with van der Waals surface area (Å²) in [6.45, 7) is 5.05. The van der Waals surface area contributed by atoms with Gasteiger partial charge in [0.1, 0.15) is 5.82 Å². The average Bonchev–Trinajstić information content (AvgIpc) is 2.98. The highest BCUT2D eigenvalue weighted by atomic mass is 35.5. The Morgan fingerprint density at radius 3 is 2.92 bits per heavy atom. The number of hydrogen-bond donors (Lipinski definition) is 1. The summed E-state index contributed by atoms with van der Waals surface area (Å²) in [5.41, 5.74) is 7.44. The normalized spacial score (nSPS) is 19.1. The molecule has 25 heavy (non-hydrogen) atoms. The summed E-state index contributed by atoms with van der Waals surface area (Å²) in [6, 6.07) is 4.32. The van der Waals surface area contributed by atoms with E-state index >= 15 is 0 Å². The lowest BCUT2D eigenvalue weighted by Crippen LogP contribution is -2.45. The first-order valence-electron chi connectivity index (χ1n) is 8.31. The number of hydrogen-bond acceptors (Lipinski definition) is 4. The van der Waals surface area contributed by atoms with Gasteiger partial charge in [0.15, 0.2) is 5.69 Å². The van der Waals surface area contributed by atoms with Crippen LogP contribution < -0.4 is 5.73 Å². The number of rotatable bonds is 3. The van der Waals surface area contributed by atoms with Crippen LogP contribution in [0.2, 0.25) is 5.02 Å².